The highest BCUT2D eigenvalue weighted by Crippen LogP contribution is 2.47. The van der Waals surface area contributed by atoms with Crippen LogP contribution in [0, 0.1) is 0 Å². The fraction of sp³-hybridized carbons (Fsp3) is 0.323. The summed E-state index contributed by atoms with van der Waals surface area (Å²) < 4.78 is 9.54. The molecule has 9 aromatic rings. The van der Waals surface area contributed by atoms with Crippen molar-refractivity contribution in [1.29, 1.82) is 0 Å². The molecule has 0 amide bonds. The number of nitrogens with zero attached hydrogens (tertiary/aromatic N) is 4. The molecular weight excluding hydrogens is 1120 g/mol. The van der Waals surface area contributed by atoms with Gasteiger partial charge in [0, 0.05) is 93.0 Å². The number of halogens is 4. The molecule has 366 valence electrons. The molecule has 0 atom stereocenters. The number of aromatic nitrogens is 4. The Morgan fingerprint density at radius 3 is 0.714 bits per heavy atom. The van der Waals surface area contributed by atoms with Gasteiger partial charge in [-0.1, -0.05) is 102 Å². The molecule has 4 aromatic heterocycles. The van der Waals surface area contributed by atoms with E-state index in [0.717, 1.165) is 26.2 Å². The van der Waals surface area contributed by atoms with E-state index in [4.69, 9.17) is 0 Å². The minimum atomic E-state index is 0. The highest BCUT2D eigenvalue weighted by molar-refractivity contribution is 6.11. The summed E-state index contributed by atoms with van der Waals surface area (Å²) in [4.78, 5) is 0. The van der Waals surface area contributed by atoms with Crippen molar-refractivity contribution in [1.82, 2.24) is 0 Å². The maximum absolute atomic E-state index is 2.55. The zero-order chi connectivity index (χ0) is 45.2. The Morgan fingerprint density at radius 1 is 0.271 bits per heavy atom. The second-order valence-electron chi connectivity index (χ2n) is 18.7. The van der Waals surface area contributed by atoms with E-state index >= 15 is 0 Å². The third-order valence-electron chi connectivity index (χ3n) is 13.9. The van der Waals surface area contributed by atoms with Crippen molar-refractivity contribution in [3.8, 4) is 44.5 Å². The number of benzene rings is 5. The molecule has 9 rings (SSSR count). The molecule has 0 spiro atoms. The van der Waals surface area contributed by atoms with Crippen LogP contribution in [0.25, 0.3) is 87.6 Å². The average molecular weight is 1190 g/mol. The first-order valence-electron chi connectivity index (χ1n) is 25.4. The Kier molecular flexibility index (Phi) is 22.2. The first kappa shape index (κ1) is 56.6. The van der Waals surface area contributed by atoms with Gasteiger partial charge in [0.1, 0.15) is 26.2 Å². The van der Waals surface area contributed by atoms with Gasteiger partial charge in [-0.3, -0.25) is 0 Å². The predicted molar refractivity (Wildman–Crippen MR) is 277 cm³/mol. The molecule has 0 radical (unpaired) electrons. The molecule has 0 fully saturated rings. The van der Waals surface area contributed by atoms with E-state index < -0.39 is 0 Å². The van der Waals surface area contributed by atoms with Crippen LogP contribution in [0.1, 0.15) is 105 Å². The molecule has 0 saturated heterocycles. The van der Waals surface area contributed by atoms with Crippen LogP contribution in [0.15, 0.2) is 159 Å². The second kappa shape index (κ2) is 27.5. The minimum absolute atomic E-state index is 0. The normalized spacial score (nSPS) is 11.0. The van der Waals surface area contributed by atoms with Crippen molar-refractivity contribution in [2.45, 2.75) is 131 Å². The highest BCUT2D eigenvalue weighted by Gasteiger charge is 2.23. The topological polar surface area (TPSA) is 15.5 Å². The first-order valence-corrected chi connectivity index (χ1v) is 25.4. The Bertz CT molecular complexity index is 2720. The van der Waals surface area contributed by atoms with E-state index in [1.807, 2.05) is 0 Å². The second-order valence-corrected chi connectivity index (χ2v) is 18.7. The molecule has 5 aromatic carbocycles. The van der Waals surface area contributed by atoms with Gasteiger partial charge in [-0.25, -0.2) is 18.3 Å². The van der Waals surface area contributed by atoms with Crippen molar-refractivity contribution >= 4 is 43.1 Å². The van der Waals surface area contributed by atoms with Crippen LogP contribution in [0.3, 0.4) is 0 Å². The summed E-state index contributed by atoms with van der Waals surface area (Å²) in [5, 5.41) is 10.2. The van der Waals surface area contributed by atoms with Crippen molar-refractivity contribution in [3.63, 3.8) is 0 Å². The number of hydrogen-bond acceptors (Lipinski definition) is 0. The minimum Gasteiger partial charge on any atom is -1.00 e. The van der Waals surface area contributed by atoms with Crippen LogP contribution in [0.4, 0.5) is 0 Å². The Hall–Kier alpha value is -4.34. The molecule has 0 unspecified atom stereocenters. The molecule has 4 heterocycles. The van der Waals surface area contributed by atoms with Gasteiger partial charge in [-0.15, -0.1) is 0 Å². The van der Waals surface area contributed by atoms with Crippen LogP contribution in [-0.2, 0) is 26.2 Å². The van der Waals surface area contributed by atoms with E-state index in [2.05, 4.69) is 205 Å². The Morgan fingerprint density at radius 2 is 0.500 bits per heavy atom. The number of unbranched alkanes of at least 4 members (excludes halogenated alkanes) is 8. The lowest BCUT2D eigenvalue weighted by Crippen LogP contribution is -3.00. The molecule has 0 saturated carbocycles. The maximum atomic E-state index is 2.55. The smallest absolute Gasteiger partial charge is 0.176 e. The summed E-state index contributed by atoms with van der Waals surface area (Å²) in [6.45, 7) is 13.3. The van der Waals surface area contributed by atoms with E-state index in [-0.39, 0.29) is 67.9 Å². The summed E-state index contributed by atoms with van der Waals surface area (Å²) in [7, 11) is 0. The lowest BCUT2D eigenvalue weighted by Gasteiger charge is -2.21. The van der Waals surface area contributed by atoms with E-state index in [0.29, 0.717) is 0 Å². The lowest BCUT2D eigenvalue weighted by molar-refractivity contribution is -0.696. The monoisotopic (exact) mass is 1190 g/mol. The van der Waals surface area contributed by atoms with Gasteiger partial charge in [0.05, 0.1) is 0 Å². The summed E-state index contributed by atoms with van der Waals surface area (Å²) in [5.41, 5.74) is 10.1. The summed E-state index contributed by atoms with van der Waals surface area (Å²) in [6.07, 6.45) is 33.3. The molecule has 70 heavy (non-hydrogen) atoms. The quantitative estimate of drug-likeness (QED) is 0.0826. The zero-order valence-electron chi connectivity index (χ0n) is 41.6. The van der Waals surface area contributed by atoms with Gasteiger partial charge < -0.3 is 67.9 Å². The molecule has 0 N–H and O–H groups in total. The predicted octanol–water partition coefficient (Wildman–Crippen LogP) is 2.89. The molecule has 0 aliphatic carbocycles. The number of fused-ring (bicyclic) bond motifs is 4. The highest BCUT2D eigenvalue weighted by atomic mass is 79.9. The standard InChI is InChI=1S/C62H70N4.4BrH/c1-5-9-13-33-63-37-29-51-47(43-63)21-17-25-55(51)59-41-61(57-27-19-23-49-45-65(35-15-11-7-3)39-31-53(49)57)62(58-28-20-24-50-46-66(36-16-12-8-4)40-32-54(50)58)42-60(59)56-26-18-22-48-44-64(34-14-10-6-2)38-30-52(48)56;;;;/h17-32,37-46H,5-16,33-36H2,1-4H3;4*1H/q+4;;;;/p-4. The van der Waals surface area contributed by atoms with E-state index in [1.165, 1.54) is 165 Å². The number of aryl methyl sites for hydroxylation is 4. The third-order valence-corrected chi connectivity index (χ3v) is 13.9. The van der Waals surface area contributed by atoms with Gasteiger partial charge in [0.15, 0.2) is 49.6 Å². The maximum Gasteiger partial charge on any atom is 0.176 e. The molecular formula is C62H70Br4N4. The van der Waals surface area contributed by atoms with Gasteiger partial charge in [0.25, 0.3) is 0 Å². The zero-order valence-corrected chi connectivity index (χ0v) is 48.0. The Balaban J connectivity index is 0.00000228. The third kappa shape index (κ3) is 12.8. The Labute approximate surface area is 459 Å². The number of hydrogen-bond donors (Lipinski definition) is 0. The molecule has 0 bridgehead atoms. The van der Waals surface area contributed by atoms with Crippen LogP contribution in [0.2, 0.25) is 0 Å². The van der Waals surface area contributed by atoms with Gasteiger partial charge in [-0.05, 0) is 107 Å². The largest absolute Gasteiger partial charge is 1.00 e. The number of rotatable bonds is 20. The SMILES string of the molecule is CCCCC[n+]1ccc2c(-c3cc(-c4cccc5c[n+](CCCCC)ccc45)c(-c4cccc5c[n+](CCCCC)ccc45)cc3-c3cccc4c[n+](CCCCC)ccc34)cccc2c1.[Br-].[Br-].[Br-].[Br-]. The van der Waals surface area contributed by atoms with Crippen LogP contribution in [0.5, 0.6) is 0 Å². The van der Waals surface area contributed by atoms with Crippen molar-refractivity contribution in [2.24, 2.45) is 0 Å². The van der Waals surface area contributed by atoms with E-state index in [9.17, 15) is 0 Å². The average Bonchev–Trinajstić information content (AvgIpc) is 3.35. The molecule has 0 aliphatic rings. The molecule has 4 nitrogen and oxygen atoms in total. The van der Waals surface area contributed by atoms with Gasteiger partial charge >= 0.3 is 0 Å². The summed E-state index contributed by atoms with van der Waals surface area (Å²) >= 11 is 0. The lowest BCUT2D eigenvalue weighted by atomic mass is 9.82. The fourth-order valence-corrected chi connectivity index (χ4v) is 10.3. The molecule has 8 heteroatoms. The van der Waals surface area contributed by atoms with Crippen molar-refractivity contribution in [2.75, 3.05) is 0 Å². The molecule has 0 aliphatic heterocycles. The van der Waals surface area contributed by atoms with Crippen molar-refractivity contribution < 1.29 is 86.2 Å². The van der Waals surface area contributed by atoms with E-state index in [1.54, 1.807) is 0 Å². The fourth-order valence-electron chi connectivity index (χ4n) is 10.3. The van der Waals surface area contributed by atoms with Crippen molar-refractivity contribution in [3.05, 3.63) is 159 Å². The van der Waals surface area contributed by atoms with Gasteiger partial charge in [0.2, 0.25) is 0 Å². The van der Waals surface area contributed by atoms with Gasteiger partial charge in [-0.2, -0.15) is 0 Å². The van der Waals surface area contributed by atoms with Crippen LogP contribution in [-0.4, -0.2) is 0 Å². The summed E-state index contributed by atoms with van der Waals surface area (Å²) in [5.74, 6) is 0. The number of pyridine rings is 4. The summed E-state index contributed by atoms with van der Waals surface area (Å²) in [6, 6.07) is 42.3. The van der Waals surface area contributed by atoms with Crippen LogP contribution >= 0.6 is 0 Å². The van der Waals surface area contributed by atoms with Crippen LogP contribution < -0.4 is 86.2 Å². The first-order chi connectivity index (χ1) is 32.6.